The fourth-order valence-electron chi connectivity index (χ4n) is 6.27. The molecule has 0 aliphatic carbocycles. The van der Waals surface area contributed by atoms with Gasteiger partial charge in [-0.25, -0.2) is 0 Å². The summed E-state index contributed by atoms with van der Waals surface area (Å²) in [6.45, 7) is 5.71. The van der Waals surface area contributed by atoms with Crippen molar-refractivity contribution in [2.24, 2.45) is 5.92 Å². The number of hydrogen-bond donors (Lipinski definition) is 2. The van der Waals surface area contributed by atoms with Crippen molar-refractivity contribution in [1.29, 1.82) is 0 Å². The zero-order valence-corrected chi connectivity index (χ0v) is 26.8. The summed E-state index contributed by atoms with van der Waals surface area (Å²) < 4.78 is 41.7. The monoisotopic (exact) mass is 648 g/mol. The first kappa shape index (κ1) is 34.6. The molecule has 11 atom stereocenters. The van der Waals surface area contributed by atoms with Crippen molar-refractivity contribution in [2.45, 2.75) is 133 Å². The van der Waals surface area contributed by atoms with E-state index in [0.717, 1.165) is 0 Å². The summed E-state index contributed by atoms with van der Waals surface area (Å²) in [6.07, 6.45) is 4.75. The second-order valence-corrected chi connectivity index (χ2v) is 12.4. The van der Waals surface area contributed by atoms with Crippen LogP contribution in [0.15, 0.2) is 23.2 Å². The highest BCUT2D eigenvalue weighted by atomic mass is 79.9. The molecule has 3 saturated heterocycles. The molecule has 41 heavy (non-hydrogen) atoms. The molecule has 236 valence electrons. The Balaban J connectivity index is 1.78. The summed E-state index contributed by atoms with van der Waals surface area (Å²) in [4.78, 5) is 15.0. The third-order valence-corrected chi connectivity index (χ3v) is 8.82. The number of halogens is 1. The molecule has 0 aromatic heterocycles. The molecular formula is C30H49BrO10. The van der Waals surface area contributed by atoms with Gasteiger partial charge < -0.3 is 43.4 Å². The maximum atomic E-state index is 13.2. The van der Waals surface area contributed by atoms with Crippen molar-refractivity contribution in [3.63, 3.8) is 0 Å². The number of hydrogen-bond acceptors (Lipinski definition) is 10. The Hall–Kier alpha value is -0.890. The lowest BCUT2D eigenvalue weighted by atomic mass is 9.84. The van der Waals surface area contributed by atoms with Crippen LogP contribution < -0.4 is 0 Å². The van der Waals surface area contributed by atoms with Crippen LogP contribution in [-0.2, 0) is 38.0 Å². The van der Waals surface area contributed by atoms with Gasteiger partial charge in [-0.05, 0) is 50.4 Å². The van der Waals surface area contributed by atoms with Crippen molar-refractivity contribution in [3.05, 3.63) is 23.2 Å². The maximum absolute atomic E-state index is 13.2. The highest BCUT2D eigenvalue weighted by molar-refractivity contribution is 9.11. The predicted molar refractivity (Wildman–Crippen MR) is 155 cm³/mol. The van der Waals surface area contributed by atoms with Gasteiger partial charge in [-0.2, -0.15) is 0 Å². The summed E-state index contributed by atoms with van der Waals surface area (Å²) in [5.41, 5.74) is -0.905. The van der Waals surface area contributed by atoms with E-state index in [-0.39, 0.29) is 37.1 Å². The molecular weight excluding hydrogens is 600 g/mol. The largest absolute Gasteiger partial charge is 0.459 e. The first-order chi connectivity index (χ1) is 19.5. The van der Waals surface area contributed by atoms with E-state index >= 15 is 0 Å². The second-order valence-electron chi connectivity index (χ2n) is 11.9. The molecule has 0 saturated carbocycles. The molecule has 0 aromatic carbocycles. The van der Waals surface area contributed by atoms with Crippen molar-refractivity contribution >= 4 is 21.9 Å². The number of esters is 1. The molecule has 0 amide bonds. The number of allylic oxidation sites excluding steroid dienone is 3. The molecule has 11 heteroatoms. The summed E-state index contributed by atoms with van der Waals surface area (Å²) >= 11 is 3.24. The first-order valence-corrected chi connectivity index (χ1v) is 15.5. The predicted octanol–water partition coefficient (Wildman–Crippen LogP) is 4.15. The molecule has 3 heterocycles. The van der Waals surface area contributed by atoms with Crippen LogP contribution in [0.1, 0.15) is 72.1 Å². The number of cyclic esters (lactones) is 1. The van der Waals surface area contributed by atoms with Gasteiger partial charge in [-0.3, -0.25) is 4.79 Å². The molecule has 0 aromatic rings. The molecule has 2 N–H and O–H groups in total. The van der Waals surface area contributed by atoms with Crippen LogP contribution in [0.3, 0.4) is 0 Å². The van der Waals surface area contributed by atoms with Crippen LogP contribution in [0.5, 0.6) is 0 Å². The molecule has 3 aliphatic heterocycles. The Labute approximate surface area is 252 Å². The Morgan fingerprint density at radius 2 is 1.76 bits per heavy atom. The van der Waals surface area contributed by atoms with Gasteiger partial charge in [0.25, 0.3) is 0 Å². The SMILES string of the molecule is CO[C@@H]1[C@@H](OC)[C@H](C)O[C@@H](O[C@@H]2C[C@@H]3CC[C@@H](C)[C@H](O)C[C@@](C)(CC/C=C/C=C/Br)OC(=O)C[C@](O)(C2)O3)[C@@H]1OC. The minimum Gasteiger partial charge on any atom is -0.459 e. The lowest BCUT2D eigenvalue weighted by Gasteiger charge is -2.47. The fraction of sp³-hybridized carbons (Fsp3) is 0.833. The lowest BCUT2D eigenvalue weighted by molar-refractivity contribution is -0.339. The molecule has 2 bridgehead atoms. The smallest absolute Gasteiger partial charge is 0.311 e. The van der Waals surface area contributed by atoms with Crippen LogP contribution >= 0.6 is 15.9 Å². The van der Waals surface area contributed by atoms with E-state index in [1.54, 1.807) is 26.3 Å². The van der Waals surface area contributed by atoms with E-state index in [1.165, 1.54) is 0 Å². The van der Waals surface area contributed by atoms with Gasteiger partial charge in [0.05, 0.1) is 30.8 Å². The Bertz CT molecular complexity index is 885. The third kappa shape index (κ3) is 9.55. The normalized spacial score (nSPS) is 43.0. The van der Waals surface area contributed by atoms with Gasteiger partial charge >= 0.3 is 5.97 Å². The minimum atomic E-state index is -1.77. The highest BCUT2D eigenvalue weighted by Gasteiger charge is 2.50. The van der Waals surface area contributed by atoms with Gasteiger partial charge in [-0.15, -0.1) is 0 Å². The van der Waals surface area contributed by atoms with Crippen molar-refractivity contribution in [1.82, 2.24) is 0 Å². The molecule has 3 fully saturated rings. The maximum Gasteiger partial charge on any atom is 0.311 e. The number of carbonyl (C=O) groups is 1. The van der Waals surface area contributed by atoms with E-state index in [2.05, 4.69) is 15.9 Å². The third-order valence-electron chi connectivity index (χ3n) is 8.51. The molecule has 10 nitrogen and oxygen atoms in total. The zero-order valence-electron chi connectivity index (χ0n) is 25.2. The van der Waals surface area contributed by atoms with Crippen LogP contribution in [0.4, 0.5) is 0 Å². The second kappa shape index (κ2) is 15.7. The van der Waals surface area contributed by atoms with E-state index in [0.29, 0.717) is 38.5 Å². The van der Waals surface area contributed by atoms with Crippen molar-refractivity contribution < 1.29 is 48.2 Å². The summed E-state index contributed by atoms with van der Waals surface area (Å²) in [5.74, 6) is -2.42. The average molecular weight is 650 g/mol. The van der Waals surface area contributed by atoms with Gasteiger partial charge in [0, 0.05) is 40.6 Å². The number of aliphatic hydroxyl groups is 2. The van der Waals surface area contributed by atoms with Crippen LogP contribution in [0.2, 0.25) is 0 Å². The average Bonchev–Trinajstić information content (AvgIpc) is 2.89. The lowest BCUT2D eigenvalue weighted by Crippen LogP contribution is -2.60. The number of carbonyl (C=O) groups excluding carboxylic acids is 1. The number of fused-ring (bicyclic) bond motifs is 2. The Morgan fingerprint density at radius 1 is 1.05 bits per heavy atom. The molecule has 3 aliphatic rings. The van der Waals surface area contributed by atoms with Crippen molar-refractivity contribution in [3.8, 4) is 0 Å². The summed E-state index contributed by atoms with van der Waals surface area (Å²) in [5, 5.41) is 22.6. The van der Waals surface area contributed by atoms with E-state index in [9.17, 15) is 15.0 Å². The van der Waals surface area contributed by atoms with Gasteiger partial charge in [0.2, 0.25) is 0 Å². The molecule has 0 spiro atoms. The van der Waals surface area contributed by atoms with E-state index in [4.69, 9.17) is 33.2 Å². The summed E-state index contributed by atoms with van der Waals surface area (Å²) in [6, 6.07) is 0. The number of methoxy groups -OCH3 is 3. The van der Waals surface area contributed by atoms with Gasteiger partial charge in [0.15, 0.2) is 12.1 Å². The van der Waals surface area contributed by atoms with E-state index < -0.39 is 48.1 Å². The Kier molecular flexibility index (Phi) is 13.3. The quantitative estimate of drug-likeness (QED) is 0.278. The summed E-state index contributed by atoms with van der Waals surface area (Å²) in [7, 11) is 4.76. The van der Waals surface area contributed by atoms with Crippen LogP contribution in [-0.4, -0.2) is 97.9 Å². The number of ether oxygens (including phenoxy) is 7. The molecule has 0 unspecified atom stereocenters. The fourth-order valence-corrected chi connectivity index (χ4v) is 6.44. The van der Waals surface area contributed by atoms with Gasteiger partial charge in [-0.1, -0.05) is 41.1 Å². The minimum absolute atomic E-state index is 0.0607. The van der Waals surface area contributed by atoms with Crippen molar-refractivity contribution in [2.75, 3.05) is 21.3 Å². The van der Waals surface area contributed by atoms with Crippen LogP contribution in [0.25, 0.3) is 0 Å². The van der Waals surface area contributed by atoms with Gasteiger partial charge in [0.1, 0.15) is 23.9 Å². The Morgan fingerprint density at radius 3 is 2.41 bits per heavy atom. The standard InChI is InChI=1S/C30H49BrO10/c1-19-11-12-21-15-22(39-28-27(37-6)26(36-5)25(35-4)20(2)38-28)16-30(34,40-21)18-24(33)41-29(3,17-23(19)32)13-9-7-8-10-14-31/h7-8,10,14,19-23,25-28,32,34H,9,11-13,15-18H2,1-6H3/b8-7+,14-10+/t19-,20+,21+,22-,23-,25+,26-,27-,28+,29-,30+/m1/s1. The highest BCUT2D eigenvalue weighted by Crippen LogP contribution is 2.39. The van der Waals surface area contributed by atoms with Crippen LogP contribution in [0, 0.1) is 5.92 Å². The van der Waals surface area contributed by atoms with E-state index in [1.807, 2.05) is 39.0 Å². The molecule has 3 rings (SSSR count). The first-order valence-electron chi connectivity index (χ1n) is 14.6. The zero-order chi connectivity index (χ0) is 30.2. The number of rotatable bonds is 9. The molecule has 0 radical (unpaired) electrons. The number of aliphatic hydroxyl groups excluding tert-OH is 1. The topological polar surface area (TPSA) is 122 Å².